The minimum atomic E-state index is -4.48. The average Bonchev–Trinajstić information content (AvgIpc) is 3.08. The molecule has 4 aromatic rings. The number of rotatable bonds is 20. The van der Waals surface area contributed by atoms with Crippen LogP contribution >= 0.6 is 0 Å². The minimum absolute atomic E-state index is 0.0445. The van der Waals surface area contributed by atoms with Crippen LogP contribution in [0.2, 0.25) is 0 Å². The number of aryl methyl sites for hydroxylation is 1. The molecule has 2 N–H and O–H groups in total. The Morgan fingerprint density at radius 3 is 1.73 bits per heavy atom. The van der Waals surface area contributed by atoms with E-state index in [4.69, 9.17) is 0 Å². The van der Waals surface area contributed by atoms with Gasteiger partial charge in [-0.05, 0) is 47.4 Å². The summed E-state index contributed by atoms with van der Waals surface area (Å²) < 4.78 is 61.3. The number of fused-ring (bicyclic) bond motifs is 1. The molecular weight excluding hydrogens is 643 g/mol. The van der Waals surface area contributed by atoms with Crippen LogP contribution < -0.4 is 10.2 Å². The maximum Gasteiger partial charge on any atom is 0.294 e. The zero-order valence-electron chi connectivity index (χ0n) is 28.4. The highest BCUT2D eigenvalue weighted by molar-refractivity contribution is 7.89. The molecule has 10 heteroatoms. The largest absolute Gasteiger partial charge is 0.344 e. The molecule has 0 bridgehead atoms. The standard InChI is InChI=1S/C38H51N3O5S2/c1-3-4-5-6-7-8-9-10-11-12-13-14-15-19-28-47(42,43)40-39-36-30-38(33-24-22-32(23-25-33)31-20-17-16-18-21-31)41(2)37-27-26-34(29-35(36)37)48(44,45)46/h16-18,20-27,29-30,40H,3-15,19,28H2,1-2H3,(H,44,45,46)/b39-36-. The van der Waals surface area contributed by atoms with Gasteiger partial charge in [-0.2, -0.15) is 13.5 Å². The topological polar surface area (TPSA) is 118 Å². The number of nitrogens with zero attached hydrogens (tertiary/aromatic N) is 2. The molecule has 0 aliphatic heterocycles. The van der Waals surface area contributed by atoms with Crippen LogP contribution in [0.15, 0.2) is 88.9 Å². The molecule has 0 radical (unpaired) electrons. The first kappa shape index (κ1) is 37.4. The Hall–Kier alpha value is -3.47. The first-order valence-electron chi connectivity index (χ1n) is 17.4. The lowest BCUT2D eigenvalue weighted by Gasteiger charge is -2.15. The van der Waals surface area contributed by atoms with Crippen LogP contribution in [0, 0.1) is 0 Å². The minimum Gasteiger partial charge on any atom is -0.344 e. The van der Waals surface area contributed by atoms with Crippen molar-refractivity contribution >= 4 is 31.0 Å². The molecule has 4 rings (SSSR count). The number of benzene rings is 3. The molecule has 0 saturated heterocycles. The third-order valence-corrected chi connectivity index (χ3v) is 10.9. The molecule has 0 amide bonds. The summed E-state index contributed by atoms with van der Waals surface area (Å²) in [5, 5.41) is 4.91. The fourth-order valence-corrected chi connectivity index (χ4v) is 7.51. The molecule has 0 fully saturated rings. The highest BCUT2D eigenvalue weighted by Gasteiger charge is 2.15. The third kappa shape index (κ3) is 11.3. The number of nitrogens with one attached hydrogen (secondary N) is 1. The average molecular weight is 694 g/mol. The van der Waals surface area contributed by atoms with Gasteiger partial charge in [0.1, 0.15) is 0 Å². The smallest absolute Gasteiger partial charge is 0.294 e. The number of aromatic nitrogens is 1. The summed E-state index contributed by atoms with van der Waals surface area (Å²) in [6, 6.07) is 24.0. The van der Waals surface area contributed by atoms with Crippen LogP contribution in [0.4, 0.5) is 0 Å². The summed E-state index contributed by atoms with van der Waals surface area (Å²) in [5.74, 6) is -0.0445. The zero-order chi connectivity index (χ0) is 34.4. The lowest BCUT2D eigenvalue weighted by molar-refractivity contribution is 0.483. The SMILES string of the molecule is CCCCCCCCCCCCCCCCS(=O)(=O)N/N=c1/cc(-c2ccc(-c3ccccc3)cc2)n(C)c2ccc(S(=O)(=O)O)cc12. The van der Waals surface area contributed by atoms with Gasteiger partial charge < -0.3 is 4.57 Å². The summed E-state index contributed by atoms with van der Waals surface area (Å²) in [4.78, 5) is 2.08. The van der Waals surface area contributed by atoms with Crippen LogP contribution in [0.5, 0.6) is 0 Å². The Kier molecular flexibility index (Phi) is 14.3. The lowest BCUT2D eigenvalue weighted by Crippen LogP contribution is -2.25. The first-order chi connectivity index (χ1) is 23.1. The Morgan fingerprint density at radius 2 is 1.17 bits per heavy atom. The van der Waals surface area contributed by atoms with Gasteiger partial charge in [0.25, 0.3) is 10.1 Å². The van der Waals surface area contributed by atoms with E-state index in [-0.39, 0.29) is 16.0 Å². The second-order valence-electron chi connectivity index (χ2n) is 12.7. The van der Waals surface area contributed by atoms with Crippen molar-refractivity contribution in [2.24, 2.45) is 12.1 Å². The van der Waals surface area contributed by atoms with Crippen LogP contribution in [0.3, 0.4) is 0 Å². The van der Waals surface area contributed by atoms with Crippen LogP contribution in [-0.2, 0) is 27.2 Å². The molecule has 0 spiro atoms. The highest BCUT2D eigenvalue weighted by atomic mass is 32.2. The summed E-state index contributed by atoms with van der Waals surface area (Å²) >= 11 is 0. The van der Waals surface area contributed by atoms with Crippen molar-refractivity contribution in [3.8, 4) is 22.4 Å². The number of pyridine rings is 1. The maximum atomic E-state index is 12.9. The zero-order valence-corrected chi connectivity index (χ0v) is 30.0. The Bertz CT molecular complexity index is 1890. The van der Waals surface area contributed by atoms with E-state index in [0.29, 0.717) is 17.3 Å². The van der Waals surface area contributed by atoms with Gasteiger partial charge in [-0.1, -0.05) is 145 Å². The fraction of sp³-hybridized carbons (Fsp3) is 0.447. The number of unbranched alkanes of at least 4 members (excludes halogenated alkanes) is 13. The molecule has 8 nitrogen and oxygen atoms in total. The third-order valence-electron chi connectivity index (χ3n) is 8.90. The van der Waals surface area contributed by atoms with Gasteiger partial charge in [-0.3, -0.25) is 4.55 Å². The summed E-state index contributed by atoms with van der Waals surface area (Å²) in [6.45, 7) is 2.25. The van der Waals surface area contributed by atoms with E-state index in [0.717, 1.165) is 41.6 Å². The van der Waals surface area contributed by atoms with E-state index in [1.807, 2.05) is 66.2 Å². The van der Waals surface area contributed by atoms with Gasteiger partial charge in [0, 0.05) is 12.4 Å². The molecule has 3 aromatic carbocycles. The van der Waals surface area contributed by atoms with Gasteiger partial charge in [-0.15, -0.1) is 0 Å². The first-order valence-corrected chi connectivity index (χ1v) is 20.5. The van der Waals surface area contributed by atoms with Gasteiger partial charge in [-0.25, -0.2) is 13.2 Å². The number of hydrogen-bond acceptors (Lipinski definition) is 5. The number of hydrogen-bond donors (Lipinski definition) is 2. The van der Waals surface area contributed by atoms with E-state index in [1.54, 1.807) is 12.1 Å². The van der Waals surface area contributed by atoms with Crippen LogP contribution in [-0.4, -0.2) is 31.7 Å². The predicted molar refractivity (Wildman–Crippen MR) is 196 cm³/mol. The molecule has 48 heavy (non-hydrogen) atoms. The van der Waals surface area contributed by atoms with Crippen molar-refractivity contribution < 1.29 is 21.4 Å². The predicted octanol–water partition coefficient (Wildman–Crippen LogP) is 8.98. The molecule has 0 aliphatic carbocycles. The second-order valence-corrected chi connectivity index (χ2v) is 15.9. The quantitative estimate of drug-likeness (QED) is 0.0544. The van der Waals surface area contributed by atoms with Gasteiger partial charge in [0.05, 0.1) is 27.2 Å². The Labute approximate surface area is 287 Å². The van der Waals surface area contributed by atoms with Crippen molar-refractivity contribution in [1.82, 2.24) is 9.40 Å². The van der Waals surface area contributed by atoms with E-state index >= 15 is 0 Å². The summed E-state index contributed by atoms with van der Waals surface area (Å²) in [6.07, 6.45) is 16.6. The van der Waals surface area contributed by atoms with Crippen molar-refractivity contribution in [3.05, 3.63) is 84.2 Å². The molecule has 260 valence electrons. The molecule has 0 saturated carbocycles. The van der Waals surface area contributed by atoms with Gasteiger partial charge in [0.2, 0.25) is 10.0 Å². The molecule has 1 aromatic heterocycles. The summed E-state index contributed by atoms with van der Waals surface area (Å²) in [5.41, 5.74) is 4.40. The molecule has 0 atom stereocenters. The van der Waals surface area contributed by atoms with Gasteiger partial charge in [0.15, 0.2) is 0 Å². The lowest BCUT2D eigenvalue weighted by atomic mass is 10.0. The molecule has 1 heterocycles. The normalized spacial score (nSPS) is 12.5. The fourth-order valence-electron chi connectivity index (χ4n) is 6.09. The maximum absolute atomic E-state index is 12.9. The molecular formula is C38H51N3O5S2. The molecule has 0 unspecified atom stereocenters. The van der Waals surface area contributed by atoms with Gasteiger partial charge >= 0.3 is 0 Å². The van der Waals surface area contributed by atoms with Crippen molar-refractivity contribution in [2.45, 2.75) is 102 Å². The van der Waals surface area contributed by atoms with E-state index < -0.39 is 20.1 Å². The van der Waals surface area contributed by atoms with Crippen LogP contribution in [0.25, 0.3) is 33.3 Å². The Morgan fingerprint density at radius 1 is 0.646 bits per heavy atom. The molecule has 0 aliphatic rings. The van der Waals surface area contributed by atoms with Crippen LogP contribution in [0.1, 0.15) is 96.8 Å². The summed E-state index contributed by atoms with van der Waals surface area (Å²) in [7, 11) is -6.35. The monoisotopic (exact) mass is 693 g/mol. The van der Waals surface area contributed by atoms with Crippen molar-refractivity contribution in [3.63, 3.8) is 0 Å². The Balaban J connectivity index is 1.40. The number of sulfonamides is 1. The van der Waals surface area contributed by atoms with E-state index in [9.17, 15) is 21.4 Å². The van der Waals surface area contributed by atoms with Crippen molar-refractivity contribution in [1.29, 1.82) is 0 Å². The van der Waals surface area contributed by atoms with E-state index in [2.05, 4.69) is 16.9 Å². The highest BCUT2D eigenvalue weighted by Crippen LogP contribution is 2.27. The van der Waals surface area contributed by atoms with E-state index in [1.165, 1.54) is 76.3 Å². The van der Waals surface area contributed by atoms with Crippen molar-refractivity contribution in [2.75, 3.05) is 5.75 Å². The second kappa shape index (κ2) is 18.3.